The molecule has 2 amide bonds. The number of alkyl halides is 1. The zero-order valence-electron chi connectivity index (χ0n) is 8.79. The minimum Gasteiger partial charge on any atom is -0.281 e. The summed E-state index contributed by atoms with van der Waals surface area (Å²) in [4.78, 5) is 24.4. The van der Waals surface area contributed by atoms with Crippen LogP contribution in [0.4, 0.5) is 0 Å². The van der Waals surface area contributed by atoms with Gasteiger partial charge in [-0.2, -0.15) is 0 Å². The van der Waals surface area contributed by atoms with E-state index in [4.69, 9.17) is 0 Å². The first-order valence-corrected chi connectivity index (χ1v) is 5.83. The van der Waals surface area contributed by atoms with Gasteiger partial charge in [-0.1, -0.05) is 36.7 Å². The molecule has 0 radical (unpaired) electrons. The molecule has 1 fully saturated rings. The van der Waals surface area contributed by atoms with E-state index < -0.39 is 0 Å². The lowest BCUT2D eigenvalue weighted by Crippen LogP contribution is -2.39. The topological polar surface area (TPSA) is 37.4 Å². The van der Waals surface area contributed by atoms with Crippen molar-refractivity contribution in [2.45, 2.75) is 32.0 Å². The number of nitrogens with zero attached hydrogens (tertiary/aromatic N) is 1. The molecule has 1 saturated heterocycles. The smallest absolute Gasteiger partial charge is 0.243 e. The summed E-state index contributed by atoms with van der Waals surface area (Å²) in [7, 11) is 0. The third kappa shape index (κ3) is 2.35. The molecule has 14 heavy (non-hydrogen) atoms. The first-order chi connectivity index (χ1) is 6.43. The van der Waals surface area contributed by atoms with Gasteiger partial charge in [0.1, 0.15) is 0 Å². The summed E-state index contributed by atoms with van der Waals surface area (Å²) in [6, 6.07) is 0. The van der Waals surface area contributed by atoms with Gasteiger partial charge in [0.05, 0.1) is 4.83 Å². The number of halogens is 1. The maximum Gasteiger partial charge on any atom is 0.243 e. The summed E-state index contributed by atoms with van der Waals surface area (Å²) in [5.74, 6) is 0.395. The highest BCUT2D eigenvalue weighted by molar-refractivity contribution is 9.10. The second kappa shape index (κ2) is 4.43. The van der Waals surface area contributed by atoms with Gasteiger partial charge in [-0.15, -0.1) is 0 Å². The van der Waals surface area contributed by atoms with Crippen molar-refractivity contribution in [2.75, 3.05) is 6.54 Å². The zero-order valence-corrected chi connectivity index (χ0v) is 10.4. The summed E-state index contributed by atoms with van der Waals surface area (Å²) < 4.78 is 0. The van der Waals surface area contributed by atoms with Gasteiger partial charge in [-0.05, 0) is 11.8 Å². The Morgan fingerprint density at radius 3 is 2.50 bits per heavy atom. The van der Waals surface area contributed by atoms with Crippen molar-refractivity contribution < 1.29 is 9.59 Å². The maximum atomic E-state index is 11.8. The van der Waals surface area contributed by atoms with Crippen LogP contribution in [0.3, 0.4) is 0 Å². The first-order valence-electron chi connectivity index (χ1n) is 4.91. The van der Waals surface area contributed by atoms with Crippen molar-refractivity contribution in [2.24, 2.45) is 11.8 Å². The SMILES string of the molecule is CC1CC(=O)N(C(=O)C(Br)C(C)C)C1. The standard InChI is InChI=1S/C10H16BrNO2/c1-6(2)9(11)10(14)12-5-7(3)4-8(12)13/h6-7,9H,4-5H2,1-3H3. The van der Waals surface area contributed by atoms with Gasteiger partial charge in [0.25, 0.3) is 0 Å². The van der Waals surface area contributed by atoms with E-state index >= 15 is 0 Å². The molecule has 2 atom stereocenters. The molecule has 4 heteroatoms. The van der Waals surface area contributed by atoms with Crippen LogP contribution in [0.5, 0.6) is 0 Å². The number of carbonyl (C=O) groups excluding carboxylic acids is 2. The molecule has 2 unspecified atom stereocenters. The van der Waals surface area contributed by atoms with E-state index in [0.717, 1.165) is 0 Å². The molecule has 0 N–H and O–H groups in total. The van der Waals surface area contributed by atoms with E-state index in [1.807, 2.05) is 20.8 Å². The highest BCUT2D eigenvalue weighted by Gasteiger charge is 2.35. The highest BCUT2D eigenvalue weighted by atomic mass is 79.9. The molecule has 3 nitrogen and oxygen atoms in total. The van der Waals surface area contributed by atoms with Crippen LogP contribution in [0.25, 0.3) is 0 Å². The van der Waals surface area contributed by atoms with Crippen molar-refractivity contribution in [1.29, 1.82) is 0 Å². The Balaban J connectivity index is 2.66. The third-order valence-corrected chi connectivity index (χ3v) is 3.85. The monoisotopic (exact) mass is 261 g/mol. The average molecular weight is 262 g/mol. The van der Waals surface area contributed by atoms with Crippen molar-refractivity contribution in [3.05, 3.63) is 0 Å². The van der Waals surface area contributed by atoms with Gasteiger partial charge in [0, 0.05) is 13.0 Å². The average Bonchev–Trinajstić information content (AvgIpc) is 2.42. The fourth-order valence-electron chi connectivity index (χ4n) is 1.53. The van der Waals surface area contributed by atoms with E-state index in [2.05, 4.69) is 15.9 Å². The number of rotatable bonds is 2. The summed E-state index contributed by atoms with van der Waals surface area (Å²) >= 11 is 3.32. The predicted octanol–water partition coefficient (Wildman–Crippen LogP) is 1.80. The van der Waals surface area contributed by atoms with Crippen molar-refractivity contribution in [1.82, 2.24) is 4.90 Å². The first kappa shape index (κ1) is 11.7. The molecule has 0 aromatic carbocycles. The maximum absolute atomic E-state index is 11.8. The van der Waals surface area contributed by atoms with Gasteiger partial charge in [0.2, 0.25) is 11.8 Å². The molecule has 1 heterocycles. The molecule has 1 aliphatic heterocycles. The van der Waals surface area contributed by atoms with Gasteiger partial charge in [0.15, 0.2) is 0 Å². The lowest BCUT2D eigenvalue weighted by Gasteiger charge is -2.20. The predicted molar refractivity (Wildman–Crippen MR) is 58.1 cm³/mol. The molecule has 0 aromatic rings. The number of carbonyl (C=O) groups is 2. The van der Waals surface area contributed by atoms with Crippen molar-refractivity contribution >= 4 is 27.7 Å². The Labute approximate surface area is 93.0 Å². The van der Waals surface area contributed by atoms with Crippen molar-refractivity contribution in [3.63, 3.8) is 0 Å². The molecule has 0 aliphatic carbocycles. The van der Waals surface area contributed by atoms with Crippen LogP contribution in [0, 0.1) is 11.8 Å². The summed E-state index contributed by atoms with van der Waals surface area (Å²) in [6.07, 6.45) is 0.504. The Bertz CT molecular complexity index is 253. The summed E-state index contributed by atoms with van der Waals surface area (Å²) in [5, 5.41) is 0. The Hall–Kier alpha value is -0.380. The van der Waals surface area contributed by atoms with Gasteiger partial charge < -0.3 is 0 Å². The van der Waals surface area contributed by atoms with Crippen molar-refractivity contribution in [3.8, 4) is 0 Å². The van der Waals surface area contributed by atoms with Crippen LogP contribution in [-0.4, -0.2) is 28.1 Å². The number of likely N-dealkylation sites (tertiary alicyclic amines) is 1. The highest BCUT2D eigenvalue weighted by Crippen LogP contribution is 2.22. The molecular formula is C10H16BrNO2. The molecule has 80 valence electrons. The van der Waals surface area contributed by atoms with E-state index in [9.17, 15) is 9.59 Å². The van der Waals surface area contributed by atoms with E-state index in [-0.39, 0.29) is 22.6 Å². The molecule has 0 saturated carbocycles. The van der Waals surface area contributed by atoms with Crippen LogP contribution in [0.1, 0.15) is 27.2 Å². The zero-order chi connectivity index (χ0) is 10.9. The van der Waals surface area contributed by atoms with Gasteiger partial charge >= 0.3 is 0 Å². The molecule has 0 aromatic heterocycles. The summed E-state index contributed by atoms with van der Waals surface area (Å²) in [6.45, 7) is 6.48. The second-order valence-electron chi connectivity index (χ2n) is 4.30. The van der Waals surface area contributed by atoms with Crippen LogP contribution < -0.4 is 0 Å². The number of hydrogen-bond donors (Lipinski definition) is 0. The van der Waals surface area contributed by atoms with Crippen LogP contribution >= 0.6 is 15.9 Å². The fraction of sp³-hybridized carbons (Fsp3) is 0.800. The lowest BCUT2D eigenvalue weighted by atomic mass is 10.1. The molecule has 0 bridgehead atoms. The second-order valence-corrected chi connectivity index (χ2v) is 5.28. The normalized spacial score (nSPS) is 24.5. The van der Waals surface area contributed by atoms with Crippen LogP contribution in [0.15, 0.2) is 0 Å². The minimum absolute atomic E-state index is 0.0346. The van der Waals surface area contributed by atoms with Gasteiger partial charge in [-0.25, -0.2) is 0 Å². The Kier molecular flexibility index (Phi) is 3.70. The lowest BCUT2D eigenvalue weighted by molar-refractivity contribution is -0.141. The number of hydrogen-bond acceptors (Lipinski definition) is 2. The molecular weight excluding hydrogens is 246 g/mol. The third-order valence-electron chi connectivity index (χ3n) is 2.41. The van der Waals surface area contributed by atoms with E-state index in [1.165, 1.54) is 4.90 Å². The Morgan fingerprint density at radius 1 is 1.57 bits per heavy atom. The minimum atomic E-state index is -0.239. The molecule has 1 aliphatic rings. The fourth-order valence-corrected chi connectivity index (χ4v) is 1.78. The van der Waals surface area contributed by atoms with Gasteiger partial charge in [-0.3, -0.25) is 14.5 Å². The van der Waals surface area contributed by atoms with Crippen LogP contribution in [0.2, 0.25) is 0 Å². The summed E-state index contributed by atoms with van der Waals surface area (Å²) in [5.41, 5.74) is 0. The van der Waals surface area contributed by atoms with Crippen LogP contribution in [-0.2, 0) is 9.59 Å². The molecule has 0 spiro atoms. The Morgan fingerprint density at radius 2 is 2.14 bits per heavy atom. The van der Waals surface area contributed by atoms with E-state index in [0.29, 0.717) is 18.9 Å². The van der Waals surface area contributed by atoms with E-state index in [1.54, 1.807) is 0 Å². The molecule has 1 rings (SSSR count). The largest absolute Gasteiger partial charge is 0.281 e. The quantitative estimate of drug-likeness (QED) is 0.711. The number of amides is 2. The number of imide groups is 1.